The SMILES string of the molecule is Cc1c(Cl)cc2c(cnn2C2CCCCO2)c1-c1c(Cl)cc2c(nc(N3CC(N(C)C)C3)c3cnn([C@H]4CCN(C(=O)OC(C)(C)C)[C@H](CC#N)C4)c32)c1F. The molecule has 1 amide bonds. The number of nitrogens with zero attached hydrogens (tertiary/aromatic N) is 9. The molecule has 1 unspecified atom stereocenters. The highest BCUT2D eigenvalue weighted by Crippen LogP contribution is 2.46. The molecule has 3 aliphatic heterocycles. The van der Waals surface area contributed by atoms with E-state index in [4.69, 9.17) is 47.9 Å². The van der Waals surface area contributed by atoms with Crippen molar-refractivity contribution in [3.63, 3.8) is 0 Å². The van der Waals surface area contributed by atoms with Gasteiger partial charge in [0.05, 0.1) is 58.4 Å². The lowest BCUT2D eigenvalue weighted by Crippen LogP contribution is -2.57. The van der Waals surface area contributed by atoms with Gasteiger partial charge in [0, 0.05) is 59.2 Å². The van der Waals surface area contributed by atoms with Gasteiger partial charge in [0.25, 0.3) is 0 Å². The van der Waals surface area contributed by atoms with Crippen LogP contribution in [-0.4, -0.2) is 98.5 Å². The number of likely N-dealkylation sites (tertiary alicyclic amines) is 1. The zero-order valence-electron chi connectivity index (χ0n) is 32.1. The van der Waals surface area contributed by atoms with Crippen LogP contribution in [0.2, 0.25) is 10.0 Å². The number of ether oxygens (including phenoxy) is 2. The molecule has 0 N–H and O–H groups in total. The Morgan fingerprint density at radius 1 is 1.05 bits per heavy atom. The summed E-state index contributed by atoms with van der Waals surface area (Å²) in [6.07, 6.45) is 6.88. The molecule has 0 spiro atoms. The van der Waals surface area contributed by atoms with Crippen LogP contribution in [0.5, 0.6) is 0 Å². The van der Waals surface area contributed by atoms with Crippen molar-refractivity contribution in [2.45, 2.75) is 96.2 Å². The summed E-state index contributed by atoms with van der Waals surface area (Å²) in [5, 5.41) is 22.1. The summed E-state index contributed by atoms with van der Waals surface area (Å²) >= 11 is 14.1. The third-order valence-electron chi connectivity index (χ3n) is 11.4. The molecular weight excluding hydrogens is 744 g/mol. The number of likely N-dealkylation sites (N-methyl/N-ethyl adjacent to an activating group) is 1. The number of aromatic nitrogens is 5. The van der Waals surface area contributed by atoms with Crippen LogP contribution in [0.25, 0.3) is 43.8 Å². The van der Waals surface area contributed by atoms with Gasteiger partial charge in [-0.2, -0.15) is 15.5 Å². The van der Waals surface area contributed by atoms with E-state index in [9.17, 15) is 10.1 Å². The van der Waals surface area contributed by atoms with Crippen molar-refractivity contribution in [3.05, 3.63) is 46.0 Å². The lowest BCUT2D eigenvalue weighted by atomic mass is 9.94. The van der Waals surface area contributed by atoms with Crippen molar-refractivity contribution < 1.29 is 18.7 Å². The number of rotatable bonds is 6. The summed E-state index contributed by atoms with van der Waals surface area (Å²) in [4.78, 5) is 24.3. The van der Waals surface area contributed by atoms with Crippen LogP contribution >= 0.6 is 23.2 Å². The largest absolute Gasteiger partial charge is 0.444 e. The van der Waals surface area contributed by atoms with Crippen LogP contribution in [0.4, 0.5) is 15.0 Å². The van der Waals surface area contributed by atoms with E-state index in [0.717, 1.165) is 48.6 Å². The smallest absolute Gasteiger partial charge is 0.410 e. The predicted molar refractivity (Wildman–Crippen MR) is 212 cm³/mol. The quantitative estimate of drug-likeness (QED) is 0.167. The standard InChI is InChI=1S/C40H46Cl2FN9O3/c1-22-29(41)17-31-27(18-46-52(31)32-9-7-8-14-54-32)33(22)34-30(42)16-26-36(35(34)43)47-38(49-20-25(21-49)48(5)6)28-19-45-51(37(26)28)24-11-13-50(23(15-24)10-12-44)39(53)55-40(2,3)4/h16-19,23-25,32H,7-11,13-15,20-21H2,1-6H3/t23-,24+,32?/m1/s1. The molecule has 0 aliphatic carbocycles. The second kappa shape index (κ2) is 14.4. The molecule has 8 rings (SSSR count). The Kier molecular flexibility index (Phi) is 9.85. The minimum atomic E-state index is -0.671. The monoisotopic (exact) mass is 789 g/mol. The van der Waals surface area contributed by atoms with Crippen molar-refractivity contribution in [3.8, 4) is 17.2 Å². The topological polar surface area (TPSA) is 118 Å². The summed E-state index contributed by atoms with van der Waals surface area (Å²) in [5.41, 5.74) is 2.42. The second-order valence-electron chi connectivity index (χ2n) is 16.3. The van der Waals surface area contributed by atoms with Gasteiger partial charge >= 0.3 is 6.09 Å². The van der Waals surface area contributed by atoms with E-state index in [-0.39, 0.29) is 40.8 Å². The van der Waals surface area contributed by atoms with Crippen molar-refractivity contribution >= 4 is 67.8 Å². The zero-order valence-corrected chi connectivity index (χ0v) is 33.6. The first-order chi connectivity index (χ1) is 26.3. The minimum Gasteiger partial charge on any atom is -0.444 e. The Morgan fingerprint density at radius 2 is 1.80 bits per heavy atom. The first-order valence-electron chi connectivity index (χ1n) is 19.0. The van der Waals surface area contributed by atoms with Crippen LogP contribution in [0.15, 0.2) is 24.5 Å². The maximum absolute atomic E-state index is 17.6. The molecule has 3 atom stereocenters. The lowest BCUT2D eigenvalue weighted by Gasteiger charge is -2.43. The summed E-state index contributed by atoms with van der Waals surface area (Å²) in [6.45, 7) is 9.83. The van der Waals surface area contributed by atoms with E-state index >= 15 is 4.39 Å². The molecular formula is C40H46Cl2FN9O3. The predicted octanol–water partition coefficient (Wildman–Crippen LogP) is 8.66. The molecule has 290 valence electrons. The van der Waals surface area contributed by atoms with E-state index in [1.54, 1.807) is 23.4 Å². The average Bonchev–Trinajstić information content (AvgIpc) is 3.74. The van der Waals surface area contributed by atoms with Gasteiger partial charge in [0.1, 0.15) is 16.9 Å². The molecule has 3 fully saturated rings. The van der Waals surface area contributed by atoms with E-state index in [2.05, 4.69) is 30.0 Å². The number of carbonyl (C=O) groups excluding carboxylic acids is 1. The summed E-state index contributed by atoms with van der Waals surface area (Å²) in [7, 11) is 4.10. The maximum Gasteiger partial charge on any atom is 0.410 e. The molecule has 6 heterocycles. The van der Waals surface area contributed by atoms with Crippen LogP contribution < -0.4 is 4.90 Å². The fourth-order valence-electron chi connectivity index (χ4n) is 8.40. The van der Waals surface area contributed by atoms with E-state index in [1.165, 1.54) is 0 Å². The second-order valence-corrected chi connectivity index (χ2v) is 17.1. The first-order valence-corrected chi connectivity index (χ1v) is 19.8. The number of hydrogen-bond donors (Lipinski definition) is 0. The number of anilines is 1. The number of benzene rings is 2. The number of piperidine rings is 1. The fraction of sp³-hybridized carbons (Fsp3) is 0.525. The van der Waals surface area contributed by atoms with Gasteiger partial charge in [0.2, 0.25) is 0 Å². The molecule has 55 heavy (non-hydrogen) atoms. The van der Waals surface area contributed by atoms with Gasteiger partial charge < -0.3 is 24.2 Å². The fourth-order valence-corrected chi connectivity index (χ4v) is 8.88. The summed E-state index contributed by atoms with van der Waals surface area (Å²) < 4.78 is 33.2. The third-order valence-corrected chi connectivity index (χ3v) is 12.1. The first kappa shape index (κ1) is 37.7. The van der Waals surface area contributed by atoms with Crippen molar-refractivity contribution in [2.75, 3.05) is 45.2 Å². The molecule has 15 heteroatoms. The lowest BCUT2D eigenvalue weighted by molar-refractivity contribution is -0.0366. The van der Waals surface area contributed by atoms with Crippen molar-refractivity contribution in [1.82, 2.24) is 34.3 Å². The van der Waals surface area contributed by atoms with Gasteiger partial charge in [-0.05, 0) is 91.6 Å². The summed E-state index contributed by atoms with van der Waals surface area (Å²) in [5.74, 6) is 0.0903. The molecule has 0 radical (unpaired) electrons. The number of fused-ring (bicyclic) bond motifs is 4. The molecule has 0 saturated carbocycles. The van der Waals surface area contributed by atoms with Gasteiger partial charge in [-0.1, -0.05) is 23.2 Å². The van der Waals surface area contributed by atoms with E-state index < -0.39 is 17.5 Å². The Morgan fingerprint density at radius 3 is 2.49 bits per heavy atom. The summed E-state index contributed by atoms with van der Waals surface area (Å²) in [6, 6.07) is 5.66. The van der Waals surface area contributed by atoms with Gasteiger partial charge in [-0.15, -0.1) is 0 Å². The van der Waals surface area contributed by atoms with E-state index in [0.29, 0.717) is 64.9 Å². The average molecular weight is 791 g/mol. The molecule has 3 aromatic heterocycles. The third kappa shape index (κ3) is 6.64. The van der Waals surface area contributed by atoms with Crippen molar-refractivity contribution in [2.24, 2.45) is 0 Å². The molecule has 5 aromatic rings. The molecule has 0 bridgehead atoms. The number of hydrogen-bond acceptors (Lipinski definition) is 9. The number of pyridine rings is 1. The highest BCUT2D eigenvalue weighted by Gasteiger charge is 2.38. The highest BCUT2D eigenvalue weighted by molar-refractivity contribution is 6.36. The molecule has 3 saturated heterocycles. The normalized spacial score (nSPS) is 21.1. The highest BCUT2D eigenvalue weighted by atomic mass is 35.5. The Bertz CT molecular complexity index is 2350. The Labute approximate surface area is 329 Å². The van der Waals surface area contributed by atoms with Gasteiger partial charge in [-0.25, -0.2) is 18.9 Å². The molecule has 12 nitrogen and oxygen atoms in total. The van der Waals surface area contributed by atoms with Gasteiger partial charge in [0.15, 0.2) is 12.0 Å². The minimum absolute atomic E-state index is 0.142. The van der Waals surface area contributed by atoms with Crippen LogP contribution in [0.1, 0.15) is 77.1 Å². The van der Waals surface area contributed by atoms with Crippen LogP contribution in [0.3, 0.4) is 0 Å². The Balaban J connectivity index is 1.28. The number of halogens is 3. The van der Waals surface area contributed by atoms with Crippen LogP contribution in [0, 0.1) is 24.1 Å². The molecule has 2 aromatic carbocycles. The van der Waals surface area contributed by atoms with Crippen LogP contribution in [-0.2, 0) is 9.47 Å². The van der Waals surface area contributed by atoms with Crippen molar-refractivity contribution in [1.29, 1.82) is 5.26 Å². The zero-order chi connectivity index (χ0) is 38.9. The Hall–Kier alpha value is -4.22. The number of nitriles is 1. The van der Waals surface area contributed by atoms with Gasteiger partial charge in [-0.3, -0.25) is 4.68 Å². The number of carbonyl (C=O) groups is 1. The molecule has 3 aliphatic rings. The van der Waals surface area contributed by atoms with E-state index in [1.807, 2.05) is 43.1 Å². The maximum atomic E-state index is 17.6. The number of amides is 1.